The first-order valence-electron chi connectivity index (χ1n) is 6.74. The van der Waals surface area contributed by atoms with Gasteiger partial charge in [0.15, 0.2) is 5.75 Å². The Labute approximate surface area is 116 Å². The number of nitrogens with zero attached hydrogens (tertiary/aromatic N) is 1. The number of ether oxygens (including phenoxy) is 1. The molecule has 0 aromatic heterocycles. The van der Waals surface area contributed by atoms with Crippen LogP contribution in [0.1, 0.15) is 29.6 Å². The van der Waals surface area contributed by atoms with Crippen molar-refractivity contribution in [3.8, 4) is 5.75 Å². The van der Waals surface area contributed by atoms with Gasteiger partial charge in [0, 0.05) is 6.04 Å². The molecule has 1 saturated carbocycles. The van der Waals surface area contributed by atoms with Crippen molar-refractivity contribution in [1.29, 1.82) is 0 Å². The lowest BCUT2D eigenvalue weighted by atomic mass is 9.93. The van der Waals surface area contributed by atoms with Crippen LogP contribution in [0.25, 0.3) is 0 Å². The van der Waals surface area contributed by atoms with E-state index in [0.29, 0.717) is 18.8 Å². The monoisotopic (exact) mass is 276 g/mol. The maximum Gasteiger partial charge on any atom is 0.339 e. The average molecular weight is 276 g/mol. The van der Waals surface area contributed by atoms with Gasteiger partial charge in [0.2, 0.25) is 0 Å². The van der Waals surface area contributed by atoms with Crippen LogP contribution >= 0.6 is 0 Å². The third-order valence-corrected chi connectivity index (χ3v) is 3.75. The molecule has 1 aliphatic carbocycles. The number of hydrogen-bond acceptors (Lipinski definition) is 3. The summed E-state index contributed by atoms with van der Waals surface area (Å²) in [6.45, 7) is 0.726. The van der Waals surface area contributed by atoms with Gasteiger partial charge in [-0.2, -0.15) is 0 Å². The van der Waals surface area contributed by atoms with Crippen molar-refractivity contribution in [2.75, 3.05) is 18.1 Å². The van der Waals surface area contributed by atoms with E-state index < -0.39 is 5.97 Å². The fraction of sp³-hybridized carbons (Fsp3) is 0.429. The Morgan fingerprint density at radius 1 is 1.35 bits per heavy atom. The second-order valence-corrected chi connectivity index (χ2v) is 5.04. The van der Waals surface area contributed by atoms with Gasteiger partial charge in [-0.15, -0.1) is 0 Å². The van der Waals surface area contributed by atoms with Gasteiger partial charge in [-0.05, 0) is 31.4 Å². The minimum absolute atomic E-state index is 0.0867. The van der Waals surface area contributed by atoms with Gasteiger partial charge in [0.05, 0.1) is 12.2 Å². The van der Waals surface area contributed by atoms with Crippen LogP contribution in [0.4, 0.5) is 10.5 Å². The first-order chi connectivity index (χ1) is 9.66. The molecule has 0 unspecified atom stereocenters. The van der Waals surface area contributed by atoms with Crippen LogP contribution in [-0.4, -0.2) is 36.3 Å². The molecule has 106 valence electrons. The molecule has 0 spiro atoms. The highest BCUT2D eigenvalue weighted by molar-refractivity contribution is 5.99. The van der Waals surface area contributed by atoms with Crippen molar-refractivity contribution in [3.05, 3.63) is 23.8 Å². The zero-order chi connectivity index (χ0) is 14.1. The summed E-state index contributed by atoms with van der Waals surface area (Å²) in [5.74, 6) is -0.780. The van der Waals surface area contributed by atoms with Gasteiger partial charge in [0.25, 0.3) is 0 Å². The highest BCUT2D eigenvalue weighted by Crippen LogP contribution is 2.35. The van der Waals surface area contributed by atoms with Crippen LogP contribution < -0.4 is 15.0 Å². The van der Waals surface area contributed by atoms with E-state index in [2.05, 4.69) is 5.32 Å². The molecule has 1 aliphatic heterocycles. The van der Waals surface area contributed by atoms with E-state index in [1.165, 1.54) is 6.07 Å². The summed E-state index contributed by atoms with van der Waals surface area (Å²) in [5, 5.41) is 12.1. The van der Waals surface area contributed by atoms with E-state index in [1.54, 1.807) is 17.0 Å². The lowest BCUT2D eigenvalue weighted by molar-refractivity contribution is 0.0692. The number of fused-ring (bicyclic) bond motifs is 1. The Hall–Kier alpha value is -2.24. The van der Waals surface area contributed by atoms with E-state index in [9.17, 15) is 9.59 Å². The molecule has 0 radical (unpaired) electrons. The fourth-order valence-electron chi connectivity index (χ4n) is 2.43. The Morgan fingerprint density at radius 2 is 2.15 bits per heavy atom. The minimum Gasteiger partial charge on any atom is -0.489 e. The van der Waals surface area contributed by atoms with Gasteiger partial charge in [-0.25, -0.2) is 9.59 Å². The number of urea groups is 1. The van der Waals surface area contributed by atoms with Crippen molar-refractivity contribution in [2.45, 2.75) is 25.3 Å². The Bertz CT molecular complexity index is 554. The highest BCUT2D eigenvalue weighted by Gasteiger charge is 2.29. The van der Waals surface area contributed by atoms with Gasteiger partial charge in [0.1, 0.15) is 12.2 Å². The topological polar surface area (TPSA) is 78.9 Å². The molecule has 0 atom stereocenters. The van der Waals surface area contributed by atoms with Gasteiger partial charge in [-0.3, -0.25) is 4.90 Å². The van der Waals surface area contributed by atoms with Crippen LogP contribution in [0, 0.1) is 0 Å². The van der Waals surface area contributed by atoms with Crippen molar-refractivity contribution in [2.24, 2.45) is 0 Å². The zero-order valence-corrected chi connectivity index (χ0v) is 11.0. The van der Waals surface area contributed by atoms with Gasteiger partial charge >= 0.3 is 12.0 Å². The third-order valence-electron chi connectivity index (χ3n) is 3.75. The maximum atomic E-state index is 12.3. The second kappa shape index (κ2) is 5.03. The molecule has 2 N–H and O–H groups in total. The van der Waals surface area contributed by atoms with Crippen LogP contribution in [0.2, 0.25) is 0 Å². The van der Waals surface area contributed by atoms with E-state index in [1.807, 2.05) is 0 Å². The average Bonchev–Trinajstić information content (AvgIpc) is 2.41. The summed E-state index contributed by atoms with van der Waals surface area (Å²) in [6, 6.07) is 4.88. The van der Waals surface area contributed by atoms with E-state index >= 15 is 0 Å². The predicted octanol–water partition coefficient (Wildman–Crippen LogP) is 1.85. The number of para-hydroxylation sites is 1. The number of carboxylic acid groups (broad SMARTS) is 1. The molecule has 1 aromatic carbocycles. The lowest BCUT2D eigenvalue weighted by Crippen LogP contribution is -2.49. The molecule has 2 amide bonds. The molecule has 0 saturated heterocycles. The molecule has 6 heteroatoms. The van der Waals surface area contributed by atoms with Crippen molar-refractivity contribution in [3.63, 3.8) is 0 Å². The molecule has 6 nitrogen and oxygen atoms in total. The first-order valence-corrected chi connectivity index (χ1v) is 6.74. The van der Waals surface area contributed by atoms with Crippen LogP contribution in [0.5, 0.6) is 5.75 Å². The number of carbonyl (C=O) groups is 2. The van der Waals surface area contributed by atoms with Crippen molar-refractivity contribution >= 4 is 17.7 Å². The van der Waals surface area contributed by atoms with Crippen LogP contribution in [-0.2, 0) is 0 Å². The first kappa shape index (κ1) is 12.8. The number of amides is 2. The van der Waals surface area contributed by atoms with Gasteiger partial charge < -0.3 is 15.2 Å². The van der Waals surface area contributed by atoms with E-state index in [0.717, 1.165) is 19.3 Å². The number of benzene rings is 1. The molecule has 2 aliphatic rings. The summed E-state index contributed by atoms with van der Waals surface area (Å²) >= 11 is 0. The summed E-state index contributed by atoms with van der Waals surface area (Å²) in [7, 11) is 0. The summed E-state index contributed by atoms with van der Waals surface area (Å²) < 4.78 is 5.44. The predicted molar refractivity (Wildman–Crippen MR) is 72.4 cm³/mol. The molecule has 0 bridgehead atoms. The summed E-state index contributed by atoms with van der Waals surface area (Å²) in [5.41, 5.74) is 0.608. The highest BCUT2D eigenvalue weighted by atomic mass is 16.5. The van der Waals surface area contributed by atoms with Crippen LogP contribution in [0.3, 0.4) is 0 Å². The number of carboxylic acids is 1. The number of nitrogens with one attached hydrogen (secondary N) is 1. The van der Waals surface area contributed by atoms with E-state index in [4.69, 9.17) is 9.84 Å². The molecule has 1 fully saturated rings. The third kappa shape index (κ3) is 2.17. The lowest BCUT2D eigenvalue weighted by Gasteiger charge is -2.33. The normalized spacial score (nSPS) is 17.7. The van der Waals surface area contributed by atoms with Crippen LogP contribution in [0.15, 0.2) is 18.2 Å². The van der Waals surface area contributed by atoms with Gasteiger partial charge in [-0.1, -0.05) is 6.07 Å². The second-order valence-electron chi connectivity index (χ2n) is 5.04. The largest absolute Gasteiger partial charge is 0.489 e. The number of hydrogen-bond donors (Lipinski definition) is 2. The Kier molecular flexibility index (Phi) is 3.22. The summed E-state index contributed by atoms with van der Waals surface area (Å²) in [4.78, 5) is 25.0. The summed E-state index contributed by atoms with van der Waals surface area (Å²) in [6.07, 6.45) is 3.17. The molecule has 20 heavy (non-hydrogen) atoms. The number of aromatic carboxylic acids is 1. The molecular formula is C14H16N2O4. The quantitative estimate of drug-likeness (QED) is 0.864. The Morgan fingerprint density at radius 3 is 2.80 bits per heavy atom. The van der Waals surface area contributed by atoms with E-state index in [-0.39, 0.29) is 23.4 Å². The molecule has 3 rings (SSSR count). The fourth-order valence-corrected chi connectivity index (χ4v) is 2.43. The SMILES string of the molecule is O=C(O)c1cccc2c1OCCN2C(=O)NC1CCC1. The molecule has 1 heterocycles. The Balaban J connectivity index is 1.87. The molecular weight excluding hydrogens is 260 g/mol. The molecule has 1 aromatic rings. The number of anilines is 1. The number of carbonyl (C=O) groups excluding carboxylic acids is 1. The van der Waals surface area contributed by atoms with Crippen molar-refractivity contribution < 1.29 is 19.4 Å². The maximum absolute atomic E-state index is 12.3. The minimum atomic E-state index is -1.05. The van der Waals surface area contributed by atoms with Crippen molar-refractivity contribution in [1.82, 2.24) is 5.32 Å². The standard InChI is InChI=1S/C14H16N2O4/c17-13(18)10-5-2-6-11-12(10)20-8-7-16(11)14(19)15-9-3-1-4-9/h2,5-6,9H,1,3-4,7-8H2,(H,15,19)(H,17,18). The zero-order valence-electron chi connectivity index (χ0n) is 11.0. The smallest absolute Gasteiger partial charge is 0.339 e. The number of rotatable bonds is 2.